The lowest BCUT2D eigenvalue weighted by Crippen LogP contribution is -2.48. The van der Waals surface area contributed by atoms with Crippen LogP contribution in [-0.2, 0) is 16.4 Å². The van der Waals surface area contributed by atoms with Gasteiger partial charge in [-0.1, -0.05) is 30.3 Å². The third-order valence-corrected chi connectivity index (χ3v) is 6.41. The summed E-state index contributed by atoms with van der Waals surface area (Å²) in [6.45, 7) is 0. The zero-order valence-corrected chi connectivity index (χ0v) is 12.3. The summed E-state index contributed by atoms with van der Waals surface area (Å²) in [5.41, 5.74) is 1.06. The van der Waals surface area contributed by atoms with E-state index >= 15 is 0 Å². The standard InChI is InChI=1S/C15H21NO3S/c17-15-10-13-6-7-14(11-15)16(13)20(18,19)9-8-12-4-2-1-3-5-12/h1-5,13-15,17H,6-11H2. The highest BCUT2D eigenvalue weighted by Crippen LogP contribution is 2.38. The Balaban J connectivity index is 1.70. The van der Waals surface area contributed by atoms with Crippen molar-refractivity contribution in [3.8, 4) is 0 Å². The van der Waals surface area contributed by atoms with Gasteiger partial charge in [0.15, 0.2) is 0 Å². The summed E-state index contributed by atoms with van der Waals surface area (Å²) >= 11 is 0. The second kappa shape index (κ2) is 5.47. The van der Waals surface area contributed by atoms with Crippen LogP contribution in [0.5, 0.6) is 0 Å². The molecule has 0 aromatic heterocycles. The minimum absolute atomic E-state index is 0.0181. The third-order valence-electron chi connectivity index (χ3n) is 4.45. The van der Waals surface area contributed by atoms with E-state index in [-0.39, 0.29) is 23.9 Å². The van der Waals surface area contributed by atoms with Crippen LogP contribution in [0.3, 0.4) is 0 Å². The molecule has 2 fully saturated rings. The molecule has 1 aromatic carbocycles. The molecular formula is C15H21NO3S. The normalized spacial score (nSPS) is 30.6. The van der Waals surface area contributed by atoms with E-state index in [9.17, 15) is 13.5 Å². The molecule has 0 spiro atoms. The highest BCUT2D eigenvalue weighted by Gasteiger charge is 2.45. The van der Waals surface area contributed by atoms with Gasteiger partial charge in [-0.15, -0.1) is 0 Å². The molecule has 5 heteroatoms. The largest absolute Gasteiger partial charge is 0.393 e. The van der Waals surface area contributed by atoms with Crippen LogP contribution in [0, 0.1) is 0 Å². The first kappa shape index (κ1) is 14.0. The lowest BCUT2D eigenvalue weighted by atomic mass is 10.0. The number of aliphatic hydroxyl groups excluding tert-OH is 1. The number of aliphatic hydroxyl groups is 1. The van der Waals surface area contributed by atoms with Gasteiger partial charge in [0.2, 0.25) is 10.0 Å². The van der Waals surface area contributed by atoms with Gasteiger partial charge in [-0.3, -0.25) is 0 Å². The van der Waals surface area contributed by atoms with E-state index in [0.29, 0.717) is 19.3 Å². The van der Waals surface area contributed by atoms with E-state index < -0.39 is 10.0 Å². The molecule has 1 N–H and O–H groups in total. The summed E-state index contributed by atoms with van der Waals surface area (Å²) in [4.78, 5) is 0. The third kappa shape index (κ3) is 2.75. The fourth-order valence-corrected chi connectivity index (χ4v) is 5.55. The first-order chi connectivity index (χ1) is 9.56. The molecule has 2 atom stereocenters. The minimum atomic E-state index is -3.22. The second-order valence-electron chi connectivity index (χ2n) is 5.89. The van der Waals surface area contributed by atoms with E-state index in [0.717, 1.165) is 18.4 Å². The topological polar surface area (TPSA) is 57.6 Å². The molecule has 0 radical (unpaired) electrons. The maximum atomic E-state index is 12.6. The number of benzene rings is 1. The van der Waals surface area contributed by atoms with Gasteiger partial charge in [0.1, 0.15) is 0 Å². The average molecular weight is 295 g/mol. The van der Waals surface area contributed by atoms with Crippen LogP contribution in [0.25, 0.3) is 0 Å². The summed E-state index contributed by atoms with van der Waals surface area (Å²) in [7, 11) is -3.22. The number of fused-ring (bicyclic) bond motifs is 2. The highest BCUT2D eigenvalue weighted by molar-refractivity contribution is 7.89. The summed E-state index contributed by atoms with van der Waals surface area (Å²) in [5, 5.41) is 9.76. The van der Waals surface area contributed by atoms with Crippen LogP contribution in [0.1, 0.15) is 31.2 Å². The van der Waals surface area contributed by atoms with E-state index in [1.54, 1.807) is 4.31 Å². The van der Waals surface area contributed by atoms with Crippen molar-refractivity contribution in [2.75, 3.05) is 5.75 Å². The molecule has 2 saturated heterocycles. The Bertz CT molecular complexity index is 544. The molecule has 20 heavy (non-hydrogen) atoms. The predicted molar refractivity (Wildman–Crippen MR) is 77.8 cm³/mol. The smallest absolute Gasteiger partial charge is 0.214 e. The summed E-state index contributed by atoms with van der Waals surface area (Å²) in [6, 6.07) is 9.76. The number of piperidine rings is 1. The van der Waals surface area contributed by atoms with Crippen molar-refractivity contribution in [2.45, 2.75) is 50.3 Å². The van der Waals surface area contributed by atoms with E-state index in [1.807, 2.05) is 30.3 Å². The van der Waals surface area contributed by atoms with Crippen LogP contribution in [0.15, 0.2) is 30.3 Å². The number of rotatable bonds is 4. The van der Waals surface area contributed by atoms with Crippen LogP contribution < -0.4 is 0 Å². The first-order valence-electron chi connectivity index (χ1n) is 7.29. The van der Waals surface area contributed by atoms with Gasteiger partial charge in [0, 0.05) is 12.1 Å². The van der Waals surface area contributed by atoms with Crippen LogP contribution in [-0.4, -0.2) is 41.8 Å². The maximum Gasteiger partial charge on any atom is 0.214 e. The van der Waals surface area contributed by atoms with Gasteiger partial charge in [-0.2, -0.15) is 4.31 Å². The summed E-state index contributed by atoms with van der Waals surface area (Å²) < 4.78 is 26.8. The zero-order valence-electron chi connectivity index (χ0n) is 11.5. The molecular weight excluding hydrogens is 274 g/mol. The molecule has 0 aliphatic carbocycles. The van der Waals surface area contributed by atoms with Crippen LogP contribution >= 0.6 is 0 Å². The molecule has 110 valence electrons. The van der Waals surface area contributed by atoms with Crippen molar-refractivity contribution >= 4 is 10.0 Å². The quantitative estimate of drug-likeness (QED) is 0.917. The second-order valence-corrected chi connectivity index (χ2v) is 7.89. The van der Waals surface area contributed by atoms with Crippen molar-refractivity contribution in [3.63, 3.8) is 0 Å². The number of nitrogens with zero attached hydrogens (tertiary/aromatic N) is 1. The Morgan fingerprint density at radius 2 is 1.70 bits per heavy atom. The van der Waals surface area contributed by atoms with Gasteiger partial charge >= 0.3 is 0 Å². The Labute approximate surface area is 120 Å². The van der Waals surface area contributed by atoms with E-state index in [1.165, 1.54) is 0 Å². The fraction of sp³-hybridized carbons (Fsp3) is 0.600. The number of sulfonamides is 1. The van der Waals surface area contributed by atoms with Crippen molar-refractivity contribution in [2.24, 2.45) is 0 Å². The molecule has 0 amide bonds. The number of aryl methyl sites for hydroxylation is 1. The summed E-state index contributed by atoms with van der Waals surface area (Å²) in [6.07, 6.45) is 3.22. The lowest BCUT2D eigenvalue weighted by Gasteiger charge is -2.36. The molecule has 2 aliphatic heterocycles. The van der Waals surface area contributed by atoms with E-state index in [4.69, 9.17) is 0 Å². The lowest BCUT2D eigenvalue weighted by molar-refractivity contribution is 0.0769. The number of hydrogen-bond donors (Lipinski definition) is 1. The van der Waals surface area contributed by atoms with Crippen molar-refractivity contribution in [1.82, 2.24) is 4.31 Å². The molecule has 2 aliphatic rings. The summed E-state index contributed by atoms with van der Waals surface area (Å²) in [5.74, 6) is 0.167. The van der Waals surface area contributed by atoms with Gasteiger partial charge in [0.25, 0.3) is 0 Å². The molecule has 2 bridgehead atoms. The molecule has 1 aromatic rings. The molecule has 3 rings (SSSR count). The van der Waals surface area contributed by atoms with Gasteiger partial charge < -0.3 is 5.11 Å². The molecule has 0 saturated carbocycles. The Morgan fingerprint density at radius 1 is 1.10 bits per heavy atom. The monoisotopic (exact) mass is 295 g/mol. The minimum Gasteiger partial charge on any atom is -0.393 e. The maximum absolute atomic E-state index is 12.6. The number of hydrogen-bond acceptors (Lipinski definition) is 3. The van der Waals surface area contributed by atoms with Crippen LogP contribution in [0.4, 0.5) is 0 Å². The van der Waals surface area contributed by atoms with Crippen molar-refractivity contribution in [1.29, 1.82) is 0 Å². The van der Waals surface area contributed by atoms with Gasteiger partial charge in [-0.25, -0.2) is 8.42 Å². The zero-order chi connectivity index (χ0) is 14.2. The Hall–Kier alpha value is -0.910. The predicted octanol–water partition coefficient (Wildman–Crippen LogP) is 1.55. The fourth-order valence-electron chi connectivity index (χ4n) is 3.56. The van der Waals surface area contributed by atoms with Gasteiger partial charge in [-0.05, 0) is 37.7 Å². The molecule has 4 nitrogen and oxygen atoms in total. The Kier molecular flexibility index (Phi) is 3.84. The average Bonchev–Trinajstić information content (AvgIpc) is 2.72. The highest BCUT2D eigenvalue weighted by atomic mass is 32.2. The molecule has 2 unspecified atom stereocenters. The van der Waals surface area contributed by atoms with Crippen LogP contribution in [0.2, 0.25) is 0 Å². The van der Waals surface area contributed by atoms with Gasteiger partial charge in [0.05, 0.1) is 11.9 Å². The Morgan fingerprint density at radius 3 is 2.30 bits per heavy atom. The van der Waals surface area contributed by atoms with Crippen molar-refractivity contribution in [3.05, 3.63) is 35.9 Å². The van der Waals surface area contributed by atoms with Crippen molar-refractivity contribution < 1.29 is 13.5 Å². The van der Waals surface area contributed by atoms with E-state index in [2.05, 4.69) is 0 Å². The SMILES string of the molecule is O=S(=O)(CCc1ccccc1)N1C2CCC1CC(O)C2. The first-order valence-corrected chi connectivity index (χ1v) is 8.90. The molecule has 2 heterocycles.